The zero-order valence-corrected chi connectivity index (χ0v) is 10.7. The number of hydrogen-bond acceptors (Lipinski definition) is 6. The molecule has 0 saturated heterocycles. The Morgan fingerprint density at radius 2 is 2.28 bits per heavy atom. The summed E-state index contributed by atoms with van der Waals surface area (Å²) in [7, 11) is 0. The second-order valence-corrected chi connectivity index (χ2v) is 4.12. The number of aryl methyl sites for hydroxylation is 1. The van der Waals surface area contributed by atoms with Crippen molar-refractivity contribution in [2.24, 2.45) is 5.73 Å². The van der Waals surface area contributed by atoms with Crippen LogP contribution in [-0.2, 0) is 6.42 Å². The summed E-state index contributed by atoms with van der Waals surface area (Å²) in [6, 6.07) is 5.47. The molecule has 0 spiro atoms. The first kappa shape index (κ1) is 12.4. The fraction of sp³-hybridized carbons (Fsp3) is 0.273. The highest BCUT2D eigenvalue weighted by Crippen LogP contribution is 2.05. The molecule has 0 aliphatic rings. The summed E-state index contributed by atoms with van der Waals surface area (Å²) in [5.41, 5.74) is 6.12. The monoisotopic (exact) mass is 263 g/mol. The predicted octanol–water partition coefficient (Wildman–Crippen LogP) is 1.06. The van der Waals surface area contributed by atoms with Gasteiger partial charge in [0, 0.05) is 19.9 Å². The first-order valence-corrected chi connectivity index (χ1v) is 5.86. The third-order valence-corrected chi connectivity index (χ3v) is 2.44. The van der Waals surface area contributed by atoms with Crippen molar-refractivity contribution in [2.45, 2.75) is 13.3 Å². The van der Waals surface area contributed by atoms with Crippen LogP contribution in [0.4, 0.5) is 5.82 Å². The molecular weight excluding hydrogens is 250 g/mol. The summed E-state index contributed by atoms with van der Waals surface area (Å²) in [6.07, 6.45) is 0.663. The number of nitrogens with two attached hydrogens (primary N) is 1. The van der Waals surface area contributed by atoms with Crippen LogP contribution in [-0.4, -0.2) is 26.7 Å². The number of hydrogen-bond donors (Lipinski definition) is 2. The van der Waals surface area contributed by atoms with Gasteiger partial charge in [0.05, 0.1) is 5.69 Å². The fourth-order valence-corrected chi connectivity index (χ4v) is 1.53. The van der Waals surface area contributed by atoms with E-state index in [0.717, 1.165) is 5.82 Å². The van der Waals surface area contributed by atoms with Crippen molar-refractivity contribution in [1.29, 1.82) is 0 Å². The van der Waals surface area contributed by atoms with Gasteiger partial charge in [0.2, 0.25) is 5.89 Å². The summed E-state index contributed by atoms with van der Waals surface area (Å²) >= 11 is 4.87. The normalized spacial score (nSPS) is 10.3. The molecule has 0 fully saturated rings. The molecule has 2 heterocycles. The number of aromatic nitrogens is 3. The molecule has 7 heteroatoms. The van der Waals surface area contributed by atoms with Crippen LogP contribution in [0.3, 0.4) is 0 Å². The van der Waals surface area contributed by atoms with Gasteiger partial charge >= 0.3 is 0 Å². The van der Waals surface area contributed by atoms with Crippen molar-refractivity contribution < 1.29 is 4.52 Å². The Labute approximate surface area is 110 Å². The molecule has 0 aliphatic heterocycles. The van der Waals surface area contributed by atoms with E-state index in [-0.39, 0.29) is 4.99 Å². The Balaban J connectivity index is 1.90. The molecule has 2 aromatic heterocycles. The maximum Gasteiger partial charge on any atom is 0.223 e. The largest absolute Gasteiger partial charge is 0.388 e. The van der Waals surface area contributed by atoms with Crippen LogP contribution in [0.5, 0.6) is 0 Å². The lowest BCUT2D eigenvalue weighted by Crippen LogP contribution is -2.13. The van der Waals surface area contributed by atoms with Crippen molar-refractivity contribution in [3.63, 3.8) is 0 Å². The average molecular weight is 263 g/mol. The molecule has 2 rings (SSSR count). The van der Waals surface area contributed by atoms with Gasteiger partial charge in [-0.05, 0) is 12.1 Å². The summed E-state index contributed by atoms with van der Waals surface area (Å²) in [6.45, 7) is 2.42. The zero-order chi connectivity index (χ0) is 13.0. The molecule has 18 heavy (non-hydrogen) atoms. The second-order valence-electron chi connectivity index (χ2n) is 3.68. The minimum Gasteiger partial charge on any atom is -0.388 e. The quantitative estimate of drug-likeness (QED) is 0.779. The Kier molecular flexibility index (Phi) is 3.83. The lowest BCUT2D eigenvalue weighted by atomic mass is 10.3. The molecule has 0 aromatic carbocycles. The van der Waals surface area contributed by atoms with Gasteiger partial charge < -0.3 is 15.6 Å². The van der Waals surface area contributed by atoms with Crippen molar-refractivity contribution >= 4 is 23.0 Å². The third-order valence-electron chi connectivity index (χ3n) is 2.23. The van der Waals surface area contributed by atoms with E-state index in [9.17, 15) is 0 Å². The van der Waals surface area contributed by atoms with E-state index in [0.29, 0.717) is 30.4 Å². The van der Waals surface area contributed by atoms with Crippen molar-refractivity contribution in [2.75, 3.05) is 11.9 Å². The summed E-state index contributed by atoms with van der Waals surface area (Å²) < 4.78 is 4.88. The van der Waals surface area contributed by atoms with E-state index in [1.807, 2.05) is 12.1 Å². The highest BCUT2D eigenvalue weighted by Gasteiger charge is 2.03. The maximum absolute atomic E-state index is 5.51. The number of thiocarbonyl (C=S) groups is 1. The van der Waals surface area contributed by atoms with E-state index in [1.165, 1.54) is 0 Å². The Morgan fingerprint density at radius 3 is 2.94 bits per heavy atom. The number of rotatable bonds is 5. The summed E-state index contributed by atoms with van der Waals surface area (Å²) in [5.74, 6) is 1.96. The van der Waals surface area contributed by atoms with Gasteiger partial charge in [-0.3, -0.25) is 0 Å². The minimum atomic E-state index is 0.285. The average Bonchev–Trinajstić information content (AvgIpc) is 2.75. The molecule has 0 unspecified atom stereocenters. The van der Waals surface area contributed by atoms with Crippen LogP contribution < -0.4 is 11.1 Å². The van der Waals surface area contributed by atoms with E-state index in [2.05, 4.69) is 20.4 Å². The van der Waals surface area contributed by atoms with E-state index in [1.54, 1.807) is 13.0 Å². The number of anilines is 1. The van der Waals surface area contributed by atoms with Crippen LogP contribution in [0.1, 0.15) is 17.4 Å². The smallest absolute Gasteiger partial charge is 0.223 e. The highest BCUT2D eigenvalue weighted by molar-refractivity contribution is 7.80. The third kappa shape index (κ3) is 3.24. The standard InChI is InChI=1S/C11H13N5OS/c1-7-14-10(16-17-7)5-6-13-9-4-2-3-8(15-9)11(12)18/h2-4H,5-6H2,1H3,(H2,12,18)(H,13,15). The summed E-state index contributed by atoms with van der Waals surface area (Å²) in [5, 5.41) is 6.96. The Bertz CT molecular complexity index is 554. The predicted molar refractivity (Wildman–Crippen MR) is 71.4 cm³/mol. The summed E-state index contributed by atoms with van der Waals surface area (Å²) in [4.78, 5) is 8.66. The molecule has 2 aromatic rings. The Morgan fingerprint density at radius 1 is 1.44 bits per heavy atom. The number of nitrogens with zero attached hydrogens (tertiary/aromatic N) is 3. The van der Waals surface area contributed by atoms with Crippen LogP contribution >= 0.6 is 12.2 Å². The van der Waals surface area contributed by atoms with E-state index >= 15 is 0 Å². The van der Waals surface area contributed by atoms with Crippen LogP contribution in [0.25, 0.3) is 0 Å². The molecule has 0 amide bonds. The molecule has 0 atom stereocenters. The number of nitrogens with one attached hydrogen (secondary N) is 1. The van der Waals surface area contributed by atoms with Gasteiger partial charge in [-0.2, -0.15) is 4.98 Å². The molecule has 0 bridgehead atoms. The zero-order valence-electron chi connectivity index (χ0n) is 9.88. The molecule has 0 saturated carbocycles. The second kappa shape index (κ2) is 5.54. The van der Waals surface area contributed by atoms with Gasteiger partial charge in [-0.1, -0.05) is 23.4 Å². The van der Waals surface area contributed by atoms with E-state index < -0.39 is 0 Å². The topological polar surface area (TPSA) is 89.9 Å². The van der Waals surface area contributed by atoms with Crippen LogP contribution in [0.15, 0.2) is 22.7 Å². The van der Waals surface area contributed by atoms with Crippen LogP contribution in [0.2, 0.25) is 0 Å². The molecule has 3 N–H and O–H groups in total. The Hall–Kier alpha value is -2.02. The highest BCUT2D eigenvalue weighted by atomic mass is 32.1. The first-order valence-electron chi connectivity index (χ1n) is 5.45. The first-order chi connectivity index (χ1) is 8.65. The van der Waals surface area contributed by atoms with Crippen molar-refractivity contribution in [3.05, 3.63) is 35.6 Å². The van der Waals surface area contributed by atoms with Gasteiger partial charge in [-0.15, -0.1) is 0 Å². The lowest BCUT2D eigenvalue weighted by molar-refractivity contribution is 0.387. The maximum atomic E-state index is 5.51. The van der Waals surface area contributed by atoms with E-state index in [4.69, 9.17) is 22.5 Å². The molecular formula is C11H13N5OS. The minimum absolute atomic E-state index is 0.285. The molecule has 0 aliphatic carbocycles. The van der Waals surface area contributed by atoms with Gasteiger partial charge in [0.25, 0.3) is 0 Å². The number of pyridine rings is 1. The van der Waals surface area contributed by atoms with Gasteiger partial charge in [-0.25, -0.2) is 4.98 Å². The van der Waals surface area contributed by atoms with Gasteiger partial charge in [0.15, 0.2) is 5.82 Å². The lowest BCUT2D eigenvalue weighted by Gasteiger charge is -2.05. The van der Waals surface area contributed by atoms with Crippen molar-refractivity contribution in [3.8, 4) is 0 Å². The SMILES string of the molecule is Cc1nc(CCNc2cccc(C(N)=S)n2)no1. The fourth-order valence-electron chi connectivity index (χ4n) is 1.42. The molecule has 6 nitrogen and oxygen atoms in total. The molecule has 94 valence electrons. The molecule has 0 radical (unpaired) electrons. The van der Waals surface area contributed by atoms with Crippen LogP contribution in [0, 0.1) is 6.92 Å². The van der Waals surface area contributed by atoms with Gasteiger partial charge in [0.1, 0.15) is 10.8 Å². The van der Waals surface area contributed by atoms with Crippen molar-refractivity contribution in [1.82, 2.24) is 15.1 Å².